The van der Waals surface area contributed by atoms with Crippen LogP contribution >= 0.6 is 0 Å². The van der Waals surface area contributed by atoms with Crippen LogP contribution in [0.5, 0.6) is 0 Å². The molecular weight excluding hydrogens is 334 g/mol. The van der Waals surface area contributed by atoms with E-state index in [4.69, 9.17) is 0 Å². The number of rotatable bonds is 3. The number of aryl methyl sites for hydroxylation is 2. The molecule has 0 aliphatic heterocycles. The Kier molecular flexibility index (Phi) is 4.38. The summed E-state index contributed by atoms with van der Waals surface area (Å²) in [7, 11) is 0. The molecule has 4 heteroatoms. The third-order valence-corrected chi connectivity index (χ3v) is 4.49. The fourth-order valence-corrected chi connectivity index (χ4v) is 3.17. The highest BCUT2D eigenvalue weighted by Crippen LogP contribution is 2.18. The number of pyridine rings is 1. The van der Waals surface area contributed by atoms with Gasteiger partial charge in [0.25, 0.3) is 5.56 Å². The highest BCUT2D eigenvalue weighted by Gasteiger charge is 2.13. The fourth-order valence-electron chi connectivity index (χ4n) is 3.17. The van der Waals surface area contributed by atoms with E-state index in [1.807, 2.05) is 68.5 Å². The van der Waals surface area contributed by atoms with Gasteiger partial charge in [-0.25, -0.2) is 9.97 Å². The van der Waals surface area contributed by atoms with Crippen LogP contribution < -0.4 is 5.56 Å². The first-order chi connectivity index (χ1) is 13.1. The Morgan fingerprint density at radius 2 is 1.74 bits per heavy atom. The van der Waals surface area contributed by atoms with Gasteiger partial charge in [0, 0.05) is 6.20 Å². The largest absolute Gasteiger partial charge is 0.268 e. The molecule has 4 rings (SSSR count). The Bertz CT molecular complexity index is 1210. The second-order valence-corrected chi connectivity index (χ2v) is 6.52. The number of nitrogens with zero attached hydrogens (tertiary/aromatic N) is 3. The van der Waals surface area contributed by atoms with E-state index in [2.05, 4.69) is 16.0 Å². The van der Waals surface area contributed by atoms with E-state index in [1.54, 1.807) is 22.9 Å². The molecular formula is C23H19N3O. The SMILES string of the molecule is Cc1ccc(-n2c(/C=C/c3ccccc3)nc3ncccc3c2=O)c(C)c1. The predicted octanol–water partition coefficient (Wildman–Crippen LogP) is 4.57. The summed E-state index contributed by atoms with van der Waals surface area (Å²) in [5, 5.41) is 0.509. The van der Waals surface area contributed by atoms with Crippen molar-refractivity contribution in [1.82, 2.24) is 14.5 Å². The minimum absolute atomic E-state index is 0.118. The van der Waals surface area contributed by atoms with E-state index in [0.717, 1.165) is 22.4 Å². The van der Waals surface area contributed by atoms with Gasteiger partial charge in [-0.2, -0.15) is 0 Å². The molecule has 0 spiro atoms. The van der Waals surface area contributed by atoms with E-state index in [9.17, 15) is 4.79 Å². The summed E-state index contributed by atoms with van der Waals surface area (Å²) < 4.78 is 1.66. The van der Waals surface area contributed by atoms with Gasteiger partial charge in [-0.15, -0.1) is 0 Å². The van der Waals surface area contributed by atoms with Crippen molar-refractivity contribution in [3.8, 4) is 5.69 Å². The lowest BCUT2D eigenvalue weighted by Crippen LogP contribution is -2.23. The van der Waals surface area contributed by atoms with Crippen LogP contribution in [0.1, 0.15) is 22.5 Å². The minimum atomic E-state index is -0.118. The molecule has 4 nitrogen and oxygen atoms in total. The van der Waals surface area contributed by atoms with Crippen molar-refractivity contribution in [2.45, 2.75) is 13.8 Å². The molecule has 2 heterocycles. The summed E-state index contributed by atoms with van der Waals surface area (Å²) in [6, 6.07) is 19.5. The molecule has 2 aromatic heterocycles. The van der Waals surface area contributed by atoms with Crippen molar-refractivity contribution in [1.29, 1.82) is 0 Å². The number of benzene rings is 2. The monoisotopic (exact) mass is 353 g/mol. The van der Waals surface area contributed by atoms with Crippen LogP contribution in [0.15, 0.2) is 71.7 Å². The fraction of sp³-hybridized carbons (Fsp3) is 0.0870. The highest BCUT2D eigenvalue weighted by molar-refractivity contribution is 5.77. The molecule has 0 amide bonds. The molecule has 0 aliphatic rings. The van der Waals surface area contributed by atoms with Gasteiger partial charge < -0.3 is 0 Å². The van der Waals surface area contributed by atoms with E-state index in [1.165, 1.54) is 0 Å². The molecule has 0 aliphatic carbocycles. The molecule has 0 bridgehead atoms. The molecule has 27 heavy (non-hydrogen) atoms. The number of fused-ring (bicyclic) bond motifs is 1. The molecule has 4 aromatic rings. The quantitative estimate of drug-likeness (QED) is 0.542. The number of hydrogen-bond acceptors (Lipinski definition) is 3. The molecule has 0 unspecified atom stereocenters. The third-order valence-electron chi connectivity index (χ3n) is 4.49. The van der Waals surface area contributed by atoms with Gasteiger partial charge in [-0.1, -0.05) is 54.1 Å². The first kappa shape index (κ1) is 16.9. The maximum absolute atomic E-state index is 13.2. The normalized spacial score (nSPS) is 11.3. The Morgan fingerprint density at radius 1 is 0.926 bits per heavy atom. The molecule has 0 saturated carbocycles. The first-order valence-electron chi connectivity index (χ1n) is 8.82. The molecule has 132 valence electrons. The Balaban J connectivity index is 1.98. The van der Waals surface area contributed by atoms with Crippen LogP contribution in [0.25, 0.3) is 28.9 Å². The zero-order valence-corrected chi connectivity index (χ0v) is 15.3. The van der Waals surface area contributed by atoms with Crippen LogP contribution in [0.2, 0.25) is 0 Å². The highest BCUT2D eigenvalue weighted by atomic mass is 16.1. The molecule has 0 atom stereocenters. The van der Waals surface area contributed by atoms with E-state index in [0.29, 0.717) is 16.9 Å². The molecule has 0 radical (unpaired) electrons. The second-order valence-electron chi connectivity index (χ2n) is 6.52. The van der Waals surface area contributed by atoms with E-state index in [-0.39, 0.29) is 5.56 Å². The predicted molar refractivity (Wildman–Crippen MR) is 110 cm³/mol. The maximum Gasteiger partial charge on any atom is 0.267 e. The van der Waals surface area contributed by atoms with E-state index >= 15 is 0 Å². The maximum atomic E-state index is 13.2. The summed E-state index contributed by atoms with van der Waals surface area (Å²) in [6.07, 6.45) is 5.47. The average molecular weight is 353 g/mol. The van der Waals surface area contributed by atoms with Crippen molar-refractivity contribution in [2.24, 2.45) is 0 Å². The van der Waals surface area contributed by atoms with Crippen molar-refractivity contribution >= 4 is 23.2 Å². The van der Waals surface area contributed by atoms with Crippen LogP contribution in [0.3, 0.4) is 0 Å². The average Bonchev–Trinajstić information content (AvgIpc) is 2.68. The van der Waals surface area contributed by atoms with Gasteiger partial charge in [0.2, 0.25) is 0 Å². The van der Waals surface area contributed by atoms with Crippen LogP contribution in [-0.2, 0) is 0 Å². The van der Waals surface area contributed by atoms with Gasteiger partial charge in [0.1, 0.15) is 5.82 Å². The van der Waals surface area contributed by atoms with Gasteiger partial charge in [0.05, 0.1) is 11.1 Å². The summed E-state index contributed by atoms with van der Waals surface area (Å²) in [6.45, 7) is 4.05. The lowest BCUT2D eigenvalue weighted by Gasteiger charge is -2.14. The van der Waals surface area contributed by atoms with Crippen LogP contribution in [0, 0.1) is 13.8 Å². The Hall–Kier alpha value is -3.53. The van der Waals surface area contributed by atoms with Crippen molar-refractivity contribution in [3.63, 3.8) is 0 Å². The molecule has 0 N–H and O–H groups in total. The summed E-state index contributed by atoms with van der Waals surface area (Å²) >= 11 is 0. The number of aromatic nitrogens is 3. The zero-order chi connectivity index (χ0) is 18.8. The summed E-state index contributed by atoms with van der Waals surface area (Å²) in [5.41, 5.74) is 4.39. The molecule has 0 fully saturated rings. The third kappa shape index (κ3) is 3.29. The van der Waals surface area contributed by atoms with Crippen LogP contribution in [-0.4, -0.2) is 14.5 Å². The van der Waals surface area contributed by atoms with E-state index < -0.39 is 0 Å². The van der Waals surface area contributed by atoms with Crippen LogP contribution in [0.4, 0.5) is 0 Å². The van der Waals surface area contributed by atoms with Crippen molar-refractivity contribution < 1.29 is 0 Å². The van der Waals surface area contributed by atoms with Crippen molar-refractivity contribution in [3.05, 3.63) is 99.7 Å². The number of hydrogen-bond donors (Lipinski definition) is 0. The summed E-state index contributed by atoms with van der Waals surface area (Å²) in [5.74, 6) is 0.557. The Labute approximate surface area is 157 Å². The van der Waals surface area contributed by atoms with Gasteiger partial charge in [-0.05, 0) is 49.2 Å². The lowest BCUT2D eigenvalue weighted by atomic mass is 10.1. The van der Waals surface area contributed by atoms with Gasteiger partial charge in [-0.3, -0.25) is 9.36 Å². The van der Waals surface area contributed by atoms with Gasteiger partial charge >= 0.3 is 0 Å². The first-order valence-corrected chi connectivity index (χ1v) is 8.82. The molecule has 2 aromatic carbocycles. The lowest BCUT2D eigenvalue weighted by molar-refractivity contribution is 0.927. The smallest absolute Gasteiger partial charge is 0.267 e. The molecule has 0 saturated heterocycles. The standard InChI is InChI=1S/C23H19N3O/c1-16-10-12-20(17(2)15-16)26-21(13-11-18-7-4-3-5-8-18)25-22-19(23(26)27)9-6-14-24-22/h3-15H,1-2H3/b13-11+. The van der Waals surface area contributed by atoms with Crippen molar-refractivity contribution in [2.75, 3.05) is 0 Å². The summed E-state index contributed by atoms with van der Waals surface area (Å²) in [4.78, 5) is 22.2. The Morgan fingerprint density at radius 3 is 2.52 bits per heavy atom. The van der Waals surface area contributed by atoms with Gasteiger partial charge in [0.15, 0.2) is 5.65 Å². The minimum Gasteiger partial charge on any atom is -0.268 e. The second kappa shape index (κ2) is 7.00. The topological polar surface area (TPSA) is 47.8 Å². The zero-order valence-electron chi connectivity index (χ0n) is 15.3.